The number of nitrogens with zero attached hydrogens (tertiary/aromatic N) is 1. The number of carbonyl (C=O) groups is 1. The van der Waals surface area contributed by atoms with Crippen LogP contribution in [0.4, 0.5) is 0 Å². The fourth-order valence-electron chi connectivity index (χ4n) is 2.95. The number of benzene rings is 1. The lowest BCUT2D eigenvalue weighted by Crippen LogP contribution is -2.29. The van der Waals surface area contributed by atoms with Crippen molar-refractivity contribution in [3.8, 4) is 0 Å². The van der Waals surface area contributed by atoms with Crippen molar-refractivity contribution in [3.63, 3.8) is 0 Å². The average Bonchev–Trinajstić information content (AvgIpc) is 3.26. The lowest BCUT2D eigenvalue weighted by Gasteiger charge is -2.17. The molecule has 26 heavy (non-hydrogen) atoms. The van der Waals surface area contributed by atoms with Crippen LogP contribution in [0, 0.1) is 6.92 Å². The first-order valence-electron chi connectivity index (χ1n) is 8.46. The summed E-state index contributed by atoms with van der Waals surface area (Å²) < 4.78 is 33.0. The van der Waals surface area contributed by atoms with E-state index in [0.717, 1.165) is 18.6 Å². The Morgan fingerprint density at radius 2 is 1.92 bits per heavy atom. The van der Waals surface area contributed by atoms with Gasteiger partial charge in [-0.05, 0) is 73.0 Å². The Bertz CT molecular complexity index is 917. The molecular formula is C18H21BrN2O4S. The number of rotatable bonds is 5. The minimum absolute atomic E-state index is 0.134. The molecule has 140 valence electrons. The van der Waals surface area contributed by atoms with Crippen molar-refractivity contribution < 1.29 is 17.6 Å². The zero-order valence-corrected chi connectivity index (χ0v) is 17.1. The van der Waals surface area contributed by atoms with Gasteiger partial charge in [0.2, 0.25) is 10.0 Å². The number of sulfonamides is 1. The van der Waals surface area contributed by atoms with Gasteiger partial charge < -0.3 is 9.73 Å². The minimum Gasteiger partial charge on any atom is -0.464 e. The van der Waals surface area contributed by atoms with Gasteiger partial charge in [0.25, 0.3) is 5.91 Å². The molecular weight excluding hydrogens is 420 g/mol. The van der Waals surface area contributed by atoms with E-state index in [1.807, 2.05) is 26.0 Å². The number of carbonyl (C=O) groups excluding carboxylic acids is 1. The predicted molar refractivity (Wildman–Crippen MR) is 101 cm³/mol. The Morgan fingerprint density at radius 1 is 1.23 bits per heavy atom. The van der Waals surface area contributed by atoms with E-state index in [4.69, 9.17) is 4.42 Å². The standard InChI is InChI=1S/C18H21BrN2O4S/c1-12-5-8-17(25-12)13(2)20-18(22)15-11-14(6-7-16(15)19)26(23,24)21-9-3-4-10-21/h5-8,11,13H,3-4,9-10H2,1-2H3,(H,20,22). The summed E-state index contributed by atoms with van der Waals surface area (Å²) in [6, 6.07) is 7.85. The maximum absolute atomic E-state index is 12.7. The molecule has 1 aliphatic heterocycles. The van der Waals surface area contributed by atoms with E-state index >= 15 is 0 Å². The molecule has 3 rings (SSSR count). The summed E-state index contributed by atoms with van der Waals surface area (Å²) in [6.45, 7) is 4.69. The Morgan fingerprint density at radius 3 is 2.54 bits per heavy atom. The summed E-state index contributed by atoms with van der Waals surface area (Å²) >= 11 is 3.34. The third-order valence-electron chi connectivity index (χ3n) is 4.42. The number of amides is 1. The summed E-state index contributed by atoms with van der Waals surface area (Å²) in [4.78, 5) is 12.8. The van der Waals surface area contributed by atoms with Gasteiger partial charge in [-0.15, -0.1) is 0 Å². The molecule has 0 radical (unpaired) electrons. The monoisotopic (exact) mass is 440 g/mol. The van der Waals surface area contributed by atoms with Crippen molar-refractivity contribution in [2.45, 2.75) is 37.6 Å². The van der Waals surface area contributed by atoms with Crippen LogP contribution in [0.15, 0.2) is 44.1 Å². The normalized spacial score (nSPS) is 16.6. The topological polar surface area (TPSA) is 79.6 Å². The molecule has 1 aromatic carbocycles. The second-order valence-corrected chi connectivity index (χ2v) is 9.19. The fraction of sp³-hybridized carbons (Fsp3) is 0.389. The van der Waals surface area contributed by atoms with Gasteiger partial charge >= 0.3 is 0 Å². The van der Waals surface area contributed by atoms with Crippen molar-refractivity contribution in [3.05, 3.63) is 51.9 Å². The first kappa shape index (κ1) is 19.1. The molecule has 0 bridgehead atoms. The molecule has 1 aliphatic rings. The Kier molecular flexibility index (Phi) is 5.55. The molecule has 1 amide bonds. The van der Waals surface area contributed by atoms with Gasteiger partial charge in [-0.2, -0.15) is 4.31 Å². The van der Waals surface area contributed by atoms with Crippen molar-refractivity contribution in [1.82, 2.24) is 9.62 Å². The van der Waals surface area contributed by atoms with Crippen LogP contribution in [0.2, 0.25) is 0 Å². The number of halogens is 1. The van der Waals surface area contributed by atoms with Crippen molar-refractivity contribution in [2.24, 2.45) is 0 Å². The van der Waals surface area contributed by atoms with E-state index in [9.17, 15) is 13.2 Å². The van der Waals surface area contributed by atoms with Crippen LogP contribution in [0.25, 0.3) is 0 Å². The van der Waals surface area contributed by atoms with E-state index in [-0.39, 0.29) is 22.4 Å². The van der Waals surface area contributed by atoms with Crippen molar-refractivity contribution in [2.75, 3.05) is 13.1 Å². The van der Waals surface area contributed by atoms with Gasteiger partial charge in [-0.3, -0.25) is 4.79 Å². The maximum atomic E-state index is 12.7. The molecule has 0 saturated carbocycles. The molecule has 1 N–H and O–H groups in total. The van der Waals surface area contributed by atoms with E-state index in [1.54, 1.807) is 6.07 Å². The van der Waals surface area contributed by atoms with Gasteiger partial charge in [-0.1, -0.05) is 0 Å². The van der Waals surface area contributed by atoms with Crippen molar-refractivity contribution in [1.29, 1.82) is 0 Å². The number of hydrogen-bond donors (Lipinski definition) is 1. The third-order valence-corrected chi connectivity index (χ3v) is 7.01. The highest BCUT2D eigenvalue weighted by Crippen LogP contribution is 2.26. The molecule has 8 heteroatoms. The molecule has 0 spiro atoms. The van der Waals surface area contributed by atoms with E-state index in [1.165, 1.54) is 16.4 Å². The molecule has 0 aliphatic carbocycles. The second kappa shape index (κ2) is 7.54. The highest BCUT2D eigenvalue weighted by molar-refractivity contribution is 9.10. The molecule has 1 unspecified atom stereocenters. The summed E-state index contributed by atoms with van der Waals surface area (Å²) in [5.41, 5.74) is 0.278. The van der Waals surface area contributed by atoms with Crippen LogP contribution in [0.1, 0.15) is 47.7 Å². The molecule has 1 atom stereocenters. The smallest absolute Gasteiger partial charge is 0.253 e. The first-order chi connectivity index (χ1) is 12.3. The van der Waals surface area contributed by atoms with E-state index < -0.39 is 10.0 Å². The number of nitrogens with one attached hydrogen (secondary N) is 1. The van der Waals surface area contributed by atoms with Crippen LogP contribution in [-0.2, 0) is 10.0 Å². The molecule has 2 heterocycles. The largest absolute Gasteiger partial charge is 0.464 e. The quantitative estimate of drug-likeness (QED) is 0.769. The summed E-state index contributed by atoms with van der Waals surface area (Å²) in [5, 5.41) is 2.84. The molecule has 2 aromatic rings. The lowest BCUT2D eigenvalue weighted by molar-refractivity contribution is 0.0934. The summed E-state index contributed by atoms with van der Waals surface area (Å²) in [5.74, 6) is 1.05. The maximum Gasteiger partial charge on any atom is 0.253 e. The molecule has 6 nitrogen and oxygen atoms in total. The Labute approximate surface area is 161 Å². The first-order valence-corrected chi connectivity index (χ1v) is 10.7. The number of aryl methyl sites for hydroxylation is 1. The summed E-state index contributed by atoms with van der Waals surface area (Å²) in [7, 11) is -3.57. The lowest BCUT2D eigenvalue weighted by atomic mass is 10.2. The summed E-state index contributed by atoms with van der Waals surface area (Å²) in [6.07, 6.45) is 1.73. The van der Waals surface area contributed by atoms with Crippen LogP contribution in [0.3, 0.4) is 0 Å². The average molecular weight is 441 g/mol. The van der Waals surface area contributed by atoms with Crippen LogP contribution in [-0.4, -0.2) is 31.7 Å². The van der Waals surface area contributed by atoms with Crippen molar-refractivity contribution >= 4 is 31.9 Å². The highest BCUT2D eigenvalue weighted by atomic mass is 79.9. The molecule has 1 fully saturated rings. The van der Waals surface area contributed by atoms with Gasteiger partial charge in [0.15, 0.2) is 0 Å². The zero-order chi connectivity index (χ0) is 18.9. The fourth-order valence-corrected chi connectivity index (χ4v) is 4.92. The molecule has 1 saturated heterocycles. The molecule has 1 aromatic heterocycles. The zero-order valence-electron chi connectivity index (χ0n) is 14.7. The van der Waals surface area contributed by atoms with E-state index in [0.29, 0.717) is 23.3 Å². The van der Waals surface area contributed by atoms with Gasteiger partial charge in [0.05, 0.1) is 16.5 Å². The van der Waals surface area contributed by atoms with Gasteiger partial charge in [0.1, 0.15) is 11.5 Å². The Balaban J connectivity index is 1.84. The predicted octanol–water partition coefficient (Wildman–Crippen LogP) is 3.63. The highest BCUT2D eigenvalue weighted by Gasteiger charge is 2.28. The van der Waals surface area contributed by atoms with Gasteiger partial charge in [0, 0.05) is 17.6 Å². The third kappa shape index (κ3) is 3.87. The van der Waals surface area contributed by atoms with Gasteiger partial charge in [-0.25, -0.2) is 8.42 Å². The van der Waals surface area contributed by atoms with Crippen LogP contribution < -0.4 is 5.32 Å². The second-order valence-electron chi connectivity index (χ2n) is 6.40. The number of hydrogen-bond acceptors (Lipinski definition) is 4. The Hall–Kier alpha value is -1.64. The minimum atomic E-state index is -3.57. The van der Waals surface area contributed by atoms with Crippen LogP contribution in [0.5, 0.6) is 0 Å². The SMILES string of the molecule is Cc1ccc(C(C)NC(=O)c2cc(S(=O)(=O)N3CCCC3)ccc2Br)o1. The number of furan rings is 1. The van der Waals surface area contributed by atoms with Crippen LogP contribution >= 0.6 is 15.9 Å². The van der Waals surface area contributed by atoms with E-state index in [2.05, 4.69) is 21.2 Å².